The molecule has 1 saturated carbocycles. The molecule has 1 aromatic rings. The maximum Gasteiger partial charge on any atom is 0.123 e. The summed E-state index contributed by atoms with van der Waals surface area (Å²) >= 11 is 0. The van der Waals surface area contributed by atoms with Gasteiger partial charge in [0, 0.05) is 31.8 Å². The Morgan fingerprint density at radius 1 is 1.38 bits per heavy atom. The molecule has 0 N–H and O–H groups in total. The zero-order chi connectivity index (χ0) is 15.2. The molecule has 2 rings (SSSR count). The van der Waals surface area contributed by atoms with E-state index in [0.717, 1.165) is 36.9 Å². The van der Waals surface area contributed by atoms with E-state index in [2.05, 4.69) is 17.9 Å². The predicted molar refractivity (Wildman–Crippen MR) is 82.2 cm³/mol. The van der Waals surface area contributed by atoms with Crippen molar-refractivity contribution >= 4 is 0 Å². The molecule has 1 atom stereocenters. The van der Waals surface area contributed by atoms with Crippen molar-refractivity contribution in [3.8, 4) is 11.8 Å². The van der Waals surface area contributed by atoms with E-state index in [1.807, 2.05) is 12.1 Å². The highest BCUT2D eigenvalue weighted by molar-refractivity contribution is 5.42. The van der Waals surface area contributed by atoms with E-state index in [-0.39, 0.29) is 0 Å². The van der Waals surface area contributed by atoms with Crippen LogP contribution >= 0.6 is 0 Å². The van der Waals surface area contributed by atoms with Crippen molar-refractivity contribution in [2.45, 2.75) is 32.4 Å². The number of hydrogen-bond donors (Lipinski definition) is 0. The summed E-state index contributed by atoms with van der Waals surface area (Å²) in [4.78, 5) is 2.43. The molecule has 21 heavy (non-hydrogen) atoms. The van der Waals surface area contributed by atoms with E-state index in [9.17, 15) is 0 Å². The number of rotatable bonds is 8. The van der Waals surface area contributed by atoms with Crippen molar-refractivity contribution in [1.29, 1.82) is 5.26 Å². The first kappa shape index (κ1) is 15.8. The van der Waals surface area contributed by atoms with E-state index in [1.165, 1.54) is 12.8 Å². The molecule has 0 saturated heterocycles. The van der Waals surface area contributed by atoms with Gasteiger partial charge in [0.2, 0.25) is 0 Å². The van der Waals surface area contributed by atoms with Gasteiger partial charge in [0.25, 0.3) is 0 Å². The zero-order valence-corrected chi connectivity index (χ0v) is 13.1. The maximum absolute atomic E-state index is 9.08. The largest absolute Gasteiger partial charge is 0.496 e. The first-order valence-electron chi connectivity index (χ1n) is 7.49. The predicted octanol–water partition coefficient (Wildman–Crippen LogP) is 2.81. The minimum Gasteiger partial charge on any atom is -0.496 e. The maximum atomic E-state index is 9.08. The van der Waals surface area contributed by atoms with Crippen molar-refractivity contribution < 1.29 is 9.47 Å². The molecular formula is C17H24N2O2. The third-order valence-corrected chi connectivity index (χ3v) is 4.25. The fourth-order valence-electron chi connectivity index (χ4n) is 2.70. The normalized spacial score (nSPS) is 15.8. The van der Waals surface area contributed by atoms with Gasteiger partial charge in [-0.05, 0) is 43.9 Å². The highest BCUT2D eigenvalue weighted by atomic mass is 16.5. The Hall–Kier alpha value is -1.57. The second kappa shape index (κ2) is 7.44. The van der Waals surface area contributed by atoms with Gasteiger partial charge in [0.1, 0.15) is 5.75 Å². The average molecular weight is 288 g/mol. The van der Waals surface area contributed by atoms with Crippen LogP contribution in [0.1, 0.15) is 30.9 Å². The molecular weight excluding hydrogens is 264 g/mol. The SMILES string of the molecule is COCCN(Cc1cc(C#N)ccc1OC)C(C)C1CC1. The molecule has 0 amide bonds. The topological polar surface area (TPSA) is 45.5 Å². The lowest BCUT2D eigenvalue weighted by Crippen LogP contribution is -2.36. The van der Waals surface area contributed by atoms with Crippen molar-refractivity contribution in [3.63, 3.8) is 0 Å². The van der Waals surface area contributed by atoms with E-state index in [4.69, 9.17) is 14.7 Å². The smallest absolute Gasteiger partial charge is 0.123 e. The molecule has 1 unspecified atom stereocenters. The lowest BCUT2D eigenvalue weighted by Gasteiger charge is -2.29. The molecule has 114 valence electrons. The summed E-state index contributed by atoms with van der Waals surface area (Å²) in [6.45, 7) is 4.69. The van der Waals surface area contributed by atoms with E-state index in [1.54, 1.807) is 20.3 Å². The number of nitrogens with zero attached hydrogens (tertiary/aromatic N) is 2. The highest BCUT2D eigenvalue weighted by Crippen LogP contribution is 2.36. The van der Waals surface area contributed by atoms with Gasteiger partial charge in [-0.15, -0.1) is 0 Å². The standard InChI is InChI=1S/C17H24N2O2/c1-13(15-5-6-15)19(8-9-20-2)12-16-10-14(11-18)4-7-17(16)21-3/h4,7,10,13,15H,5-6,8-9,12H2,1-3H3. The molecule has 0 spiro atoms. The van der Waals surface area contributed by atoms with Gasteiger partial charge < -0.3 is 9.47 Å². The number of nitriles is 1. The molecule has 1 aliphatic carbocycles. The van der Waals surface area contributed by atoms with Crippen LogP contribution < -0.4 is 4.74 Å². The van der Waals surface area contributed by atoms with Crippen LogP contribution in [0.15, 0.2) is 18.2 Å². The van der Waals surface area contributed by atoms with Gasteiger partial charge >= 0.3 is 0 Å². The van der Waals surface area contributed by atoms with Crippen LogP contribution in [0.2, 0.25) is 0 Å². The second-order valence-electron chi connectivity index (χ2n) is 5.68. The minimum atomic E-state index is 0.538. The molecule has 0 aliphatic heterocycles. The lowest BCUT2D eigenvalue weighted by atomic mass is 10.1. The summed E-state index contributed by atoms with van der Waals surface area (Å²) < 4.78 is 10.7. The van der Waals surface area contributed by atoms with Crippen molar-refractivity contribution in [1.82, 2.24) is 4.90 Å². The van der Waals surface area contributed by atoms with Gasteiger partial charge in [0.15, 0.2) is 0 Å². The van der Waals surface area contributed by atoms with E-state index >= 15 is 0 Å². The molecule has 1 fully saturated rings. The van der Waals surface area contributed by atoms with Gasteiger partial charge in [-0.2, -0.15) is 5.26 Å². The van der Waals surface area contributed by atoms with Crippen LogP contribution in [-0.4, -0.2) is 38.3 Å². The molecule has 0 aromatic heterocycles. The number of benzene rings is 1. The van der Waals surface area contributed by atoms with Crippen LogP contribution in [-0.2, 0) is 11.3 Å². The molecule has 4 heteroatoms. The van der Waals surface area contributed by atoms with Crippen molar-refractivity contribution in [3.05, 3.63) is 29.3 Å². The van der Waals surface area contributed by atoms with E-state index < -0.39 is 0 Å². The molecule has 4 nitrogen and oxygen atoms in total. The van der Waals surface area contributed by atoms with Crippen LogP contribution in [0, 0.1) is 17.2 Å². The molecule has 1 aromatic carbocycles. The third-order valence-electron chi connectivity index (χ3n) is 4.25. The Labute approximate surface area is 127 Å². The Kier molecular flexibility index (Phi) is 5.60. The summed E-state index contributed by atoms with van der Waals surface area (Å²) in [5.74, 6) is 1.64. The van der Waals surface area contributed by atoms with E-state index in [0.29, 0.717) is 11.6 Å². The van der Waals surface area contributed by atoms with Gasteiger partial charge in [-0.25, -0.2) is 0 Å². The number of methoxy groups -OCH3 is 2. The number of hydrogen-bond acceptors (Lipinski definition) is 4. The lowest BCUT2D eigenvalue weighted by molar-refractivity contribution is 0.111. The van der Waals surface area contributed by atoms with Gasteiger partial charge in [-0.3, -0.25) is 4.90 Å². The van der Waals surface area contributed by atoms with Crippen LogP contribution in [0.4, 0.5) is 0 Å². The number of ether oxygens (including phenoxy) is 2. The summed E-state index contributed by atoms with van der Waals surface area (Å²) in [5, 5.41) is 9.08. The van der Waals surface area contributed by atoms with Crippen LogP contribution in [0.3, 0.4) is 0 Å². The fourth-order valence-corrected chi connectivity index (χ4v) is 2.70. The summed E-state index contributed by atoms with van der Waals surface area (Å²) in [6.07, 6.45) is 2.64. The Morgan fingerprint density at radius 3 is 2.71 bits per heavy atom. The highest BCUT2D eigenvalue weighted by Gasteiger charge is 2.32. The van der Waals surface area contributed by atoms with Gasteiger partial charge in [-0.1, -0.05) is 0 Å². The molecule has 0 bridgehead atoms. The van der Waals surface area contributed by atoms with Crippen LogP contribution in [0.25, 0.3) is 0 Å². The second-order valence-corrected chi connectivity index (χ2v) is 5.68. The monoisotopic (exact) mass is 288 g/mol. The summed E-state index contributed by atoms with van der Waals surface area (Å²) in [6, 6.07) is 8.34. The quantitative estimate of drug-likeness (QED) is 0.738. The molecule has 0 heterocycles. The Morgan fingerprint density at radius 2 is 2.14 bits per heavy atom. The molecule has 1 aliphatic rings. The van der Waals surface area contributed by atoms with Crippen molar-refractivity contribution in [2.24, 2.45) is 5.92 Å². The summed E-state index contributed by atoms with van der Waals surface area (Å²) in [5.41, 5.74) is 1.75. The zero-order valence-electron chi connectivity index (χ0n) is 13.1. The third kappa shape index (κ3) is 4.20. The summed E-state index contributed by atoms with van der Waals surface area (Å²) in [7, 11) is 3.41. The molecule has 0 radical (unpaired) electrons. The van der Waals surface area contributed by atoms with Crippen molar-refractivity contribution in [2.75, 3.05) is 27.4 Å². The first-order valence-corrected chi connectivity index (χ1v) is 7.49. The minimum absolute atomic E-state index is 0.538. The Bertz CT molecular complexity index is 506. The van der Waals surface area contributed by atoms with Gasteiger partial charge in [0.05, 0.1) is 25.3 Å². The Balaban J connectivity index is 2.16. The first-order chi connectivity index (χ1) is 10.2. The van der Waals surface area contributed by atoms with Crippen LogP contribution in [0.5, 0.6) is 5.75 Å². The average Bonchev–Trinajstić information content (AvgIpc) is 3.35. The fraction of sp³-hybridized carbons (Fsp3) is 0.588.